The van der Waals surface area contributed by atoms with Gasteiger partial charge in [-0.2, -0.15) is 0 Å². The number of rotatable bonds is 4. The molecule has 0 aromatic heterocycles. The molecule has 0 unspecified atom stereocenters. The number of amides is 1. The highest BCUT2D eigenvalue weighted by Gasteiger charge is 2.23. The van der Waals surface area contributed by atoms with Crippen LogP contribution in [0.15, 0.2) is 24.3 Å². The second-order valence-corrected chi connectivity index (χ2v) is 6.61. The lowest BCUT2D eigenvalue weighted by molar-refractivity contribution is -0.135. The first-order valence-electron chi connectivity index (χ1n) is 8.25. The van der Waals surface area contributed by atoms with Crippen molar-refractivity contribution in [1.29, 1.82) is 0 Å². The Balaban J connectivity index is 1.43. The van der Waals surface area contributed by atoms with Gasteiger partial charge in [-0.3, -0.25) is 14.6 Å². The van der Waals surface area contributed by atoms with Crippen LogP contribution in [-0.2, 0) is 16.1 Å². The topological polar surface area (TPSA) is 36.0 Å². The summed E-state index contributed by atoms with van der Waals surface area (Å²) in [7, 11) is 0. The summed E-state index contributed by atoms with van der Waals surface area (Å²) in [5.74, 6) is 0.245. The zero-order valence-electron chi connectivity index (χ0n) is 13.4. The molecule has 1 aromatic carbocycles. The second-order valence-electron chi connectivity index (χ2n) is 6.18. The van der Waals surface area contributed by atoms with Crippen LogP contribution in [0.25, 0.3) is 0 Å². The van der Waals surface area contributed by atoms with E-state index in [-0.39, 0.29) is 5.91 Å². The molecule has 2 heterocycles. The predicted molar refractivity (Wildman–Crippen MR) is 90.6 cm³/mol. The standard InChI is InChI=1S/C17H24ClN3O2/c18-16-3-1-2-15(12-16)13-19-4-6-21(7-5-19)17(22)14-20-8-10-23-11-9-20/h1-3,12H,4-11,13-14H2. The third kappa shape index (κ3) is 4.91. The van der Waals surface area contributed by atoms with Gasteiger partial charge in [0.15, 0.2) is 0 Å². The van der Waals surface area contributed by atoms with Gasteiger partial charge in [-0.05, 0) is 17.7 Å². The van der Waals surface area contributed by atoms with Crippen LogP contribution in [0.2, 0.25) is 5.02 Å². The molecule has 2 saturated heterocycles. The summed E-state index contributed by atoms with van der Waals surface area (Å²) in [5, 5.41) is 0.779. The van der Waals surface area contributed by atoms with Gasteiger partial charge in [0.25, 0.3) is 0 Å². The van der Waals surface area contributed by atoms with Gasteiger partial charge in [0, 0.05) is 50.8 Å². The molecule has 0 spiro atoms. The molecule has 5 nitrogen and oxygen atoms in total. The van der Waals surface area contributed by atoms with E-state index in [1.165, 1.54) is 5.56 Å². The van der Waals surface area contributed by atoms with Gasteiger partial charge in [0.1, 0.15) is 0 Å². The Hall–Kier alpha value is -1.14. The molecule has 0 saturated carbocycles. The average Bonchev–Trinajstić information content (AvgIpc) is 2.56. The van der Waals surface area contributed by atoms with Gasteiger partial charge in [-0.15, -0.1) is 0 Å². The molecule has 0 bridgehead atoms. The maximum Gasteiger partial charge on any atom is 0.236 e. The molecule has 126 valence electrons. The fourth-order valence-electron chi connectivity index (χ4n) is 3.10. The van der Waals surface area contributed by atoms with Crippen LogP contribution in [-0.4, -0.2) is 79.6 Å². The lowest BCUT2D eigenvalue weighted by atomic mass is 10.2. The van der Waals surface area contributed by atoms with Gasteiger partial charge >= 0.3 is 0 Å². The maximum atomic E-state index is 12.4. The summed E-state index contributed by atoms with van der Waals surface area (Å²) >= 11 is 6.03. The Bertz CT molecular complexity index is 526. The van der Waals surface area contributed by atoms with Gasteiger partial charge in [0.05, 0.1) is 19.8 Å². The number of morpholine rings is 1. The van der Waals surface area contributed by atoms with Crippen LogP contribution in [0.5, 0.6) is 0 Å². The molecular weight excluding hydrogens is 314 g/mol. The average molecular weight is 338 g/mol. The third-order valence-electron chi connectivity index (χ3n) is 4.48. The van der Waals surface area contributed by atoms with Gasteiger partial charge < -0.3 is 9.64 Å². The zero-order chi connectivity index (χ0) is 16.1. The van der Waals surface area contributed by atoms with Crippen molar-refractivity contribution in [2.45, 2.75) is 6.54 Å². The van der Waals surface area contributed by atoms with Crippen molar-refractivity contribution < 1.29 is 9.53 Å². The van der Waals surface area contributed by atoms with Gasteiger partial charge in [-0.1, -0.05) is 23.7 Å². The highest BCUT2D eigenvalue weighted by atomic mass is 35.5. The fraction of sp³-hybridized carbons (Fsp3) is 0.588. The highest BCUT2D eigenvalue weighted by Crippen LogP contribution is 2.14. The number of piperazine rings is 1. The summed E-state index contributed by atoms with van der Waals surface area (Å²) in [6.45, 7) is 8.07. The third-order valence-corrected chi connectivity index (χ3v) is 4.72. The molecule has 3 rings (SSSR count). The molecule has 6 heteroatoms. The molecule has 2 fully saturated rings. The Morgan fingerprint density at radius 3 is 2.48 bits per heavy atom. The SMILES string of the molecule is O=C(CN1CCOCC1)N1CCN(Cc2cccc(Cl)c2)CC1. The molecule has 0 N–H and O–H groups in total. The Morgan fingerprint density at radius 1 is 1.04 bits per heavy atom. The fourth-order valence-corrected chi connectivity index (χ4v) is 3.31. The van der Waals surface area contributed by atoms with Crippen molar-refractivity contribution in [1.82, 2.24) is 14.7 Å². The summed E-state index contributed by atoms with van der Waals surface area (Å²) < 4.78 is 5.32. The molecule has 1 amide bonds. The van der Waals surface area contributed by atoms with E-state index in [1.807, 2.05) is 23.1 Å². The first kappa shape index (κ1) is 16.7. The second kappa shape index (κ2) is 8.11. The largest absolute Gasteiger partial charge is 0.379 e. The summed E-state index contributed by atoms with van der Waals surface area (Å²) in [6, 6.07) is 7.99. The van der Waals surface area contributed by atoms with Crippen LogP contribution >= 0.6 is 11.6 Å². The number of benzene rings is 1. The number of hydrogen-bond donors (Lipinski definition) is 0. The minimum absolute atomic E-state index is 0.245. The number of nitrogens with zero attached hydrogens (tertiary/aromatic N) is 3. The number of carbonyl (C=O) groups excluding carboxylic acids is 1. The number of halogens is 1. The number of carbonyl (C=O) groups is 1. The lowest BCUT2D eigenvalue weighted by Crippen LogP contribution is -2.51. The monoisotopic (exact) mass is 337 g/mol. The van der Waals surface area contributed by atoms with Gasteiger partial charge in [0.2, 0.25) is 5.91 Å². The summed E-state index contributed by atoms with van der Waals surface area (Å²) in [5.41, 5.74) is 1.23. The van der Waals surface area contributed by atoms with Crippen molar-refractivity contribution in [3.8, 4) is 0 Å². The lowest BCUT2D eigenvalue weighted by Gasteiger charge is -2.36. The first-order valence-corrected chi connectivity index (χ1v) is 8.63. The molecule has 0 aliphatic carbocycles. The summed E-state index contributed by atoms with van der Waals surface area (Å²) in [6.07, 6.45) is 0. The normalized spacial score (nSPS) is 20.7. The predicted octanol–water partition coefficient (Wildman–Crippen LogP) is 1.32. The van der Waals surface area contributed by atoms with Gasteiger partial charge in [-0.25, -0.2) is 0 Å². The summed E-state index contributed by atoms with van der Waals surface area (Å²) in [4.78, 5) is 18.9. The van der Waals surface area contributed by atoms with Crippen LogP contribution in [0, 0.1) is 0 Å². The van der Waals surface area contributed by atoms with E-state index in [9.17, 15) is 4.79 Å². The zero-order valence-corrected chi connectivity index (χ0v) is 14.2. The molecule has 2 aliphatic heterocycles. The Morgan fingerprint density at radius 2 is 1.78 bits per heavy atom. The van der Waals surface area contributed by atoms with Crippen molar-refractivity contribution in [3.05, 3.63) is 34.9 Å². The van der Waals surface area contributed by atoms with E-state index >= 15 is 0 Å². The molecule has 2 aliphatic rings. The first-order chi connectivity index (χ1) is 11.2. The Kier molecular flexibility index (Phi) is 5.89. The number of ether oxygens (including phenoxy) is 1. The maximum absolute atomic E-state index is 12.4. The smallest absolute Gasteiger partial charge is 0.236 e. The molecule has 0 atom stereocenters. The molecule has 0 radical (unpaired) electrons. The molecule has 1 aromatic rings. The van der Waals surface area contributed by atoms with Crippen LogP contribution in [0.3, 0.4) is 0 Å². The van der Waals surface area contributed by atoms with Crippen LogP contribution < -0.4 is 0 Å². The highest BCUT2D eigenvalue weighted by molar-refractivity contribution is 6.30. The van der Waals surface area contributed by atoms with E-state index in [4.69, 9.17) is 16.3 Å². The minimum atomic E-state index is 0.245. The van der Waals surface area contributed by atoms with E-state index in [1.54, 1.807) is 0 Å². The number of hydrogen-bond acceptors (Lipinski definition) is 4. The van der Waals surface area contributed by atoms with E-state index in [2.05, 4.69) is 15.9 Å². The van der Waals surface area contributed by atoms with Crippen molar-refractivity contribution in [2.75, 3.05) is 59.0 Å². The molecule has 23 heavy (non-hydrogen) atoms. The van der Waals surface area contributed by atoms with Crippen LogP contribution in [0.4, 0.5) is 0 Å². The van der Waals surface area contributed by atoms with Crippen molar-refractivity contribution >= 4 is 17.5 Å². The van der Waals surface area contributed by atoms with Crippen molar-refractivity contribution in [2.24, 2.45) is 0 Å². The van der Waals surface area contributed by atoms with E-state index < -0.39 is 0 Å². The quantitative estimate of drug-likeness (QED) is 0.830. The van der Waals surface area contributed by atoms with Crippen molar-refractivity contribution in [3.63, 3.8) is 0 Å². The van der Waals surface area contributed by atoms with Crippen LogP contribution in [0.1, 0.15) is 5.56 Å². The minimum Gasteiger partial charge on any atom is -0.379 e. The van der Waals surface area contributed by atoms with E-state index in [0.717, 1.165) is 64.0 Å². The Labute approximate surface area is 142 Å². The molecular formula is C17H24ClN3O2. The van der Waals surface area contributed by atoms with E-state index in [0.29, 0.717) is 6.54 Å².